The van der Waals surface area contributed by atoms with E-state index in [-0.39, 0.29) is 11.8 Å². The summed E-state index contributed by atoms with van der Waals surface area (Å²) in [5.41, 5.74) is 6.43. The van der Waals surface area contributed by atoms with Crippen LogP contribution in [0.4, 0.5) is 5.82 Å². The summed E-state index contributed by atoms with van der Waals surface area (Å²) in [6.45, 7) is 12.9. The molecule has 5 heteroatoms. The minimum atomic E-state index is 0.0826. The van der Waals surface area contributed by atoms with E-state index in [0.717, 1.165) is 30.4 Å². The molecule has 2 aromatic rings. The Morgan fingerprint density at radius 1 is 1.14 bits per heavy atom. The summed E-state index contributed by atoms with van der Waals surface area (Å²) in [6, 6.07) is 4.66. The number of likely N-dealkylation sites (tertiary alicyclic amines) is 1. The van der Waals surface area contributed by atoms with Crippen molar-refractivity contribution in [2.75, 3.05) is 18.4 Å². The predicted octanol–water partition coefficient (Wildman–Crippen LogP) is 4.23. The predicted molar refractivity (Wildman–Crippen MR) is 113 cm³/mol. The Labute approximate surface area is 168 Å². The lowest BCUT2D eigenvalue weighted by molar-refractivity contribution is -0.116. The van der Waals surface area contributed by atoms with E-state index in [2.05, 4.69) is 55.1 Å². The maximum Gasteiger partial charge on any atom is 0.226 e. The number of hydrogen-bond acceptors (Lipinski definition) is 3. The normalized spacial score (nSPS) is 20.9. The first-order valence-corrected chi connectivity index (χ1v) is 10.6. The van der Waals surface area contributed by atoms with Crippen molar-refractivity contribution in [2.45, 2.75) is 66.0 Å². The molecule has 1 fully saturated rings. The lowest BCUT2D eigenvalue weighted by atomic mass is 9.83. The molecule has 1 saturated heterocycles. The molecular weight excluding hydrogens is 348 g/mol. The van der Waals surface area contributed by atoms with Gasteiger partial charge in [-0.2, -0.15) is 5.10 Å². The molecule has 4 rings (SSSR count). The van der Waals surface area contributed by atoms with E-state index in [9.17, 15) is 4.79 Å². The minimum absolute atomic E-state index is 0.0826. The van der Waals surface area contributed by atoms with E-state index in [4.69, 9.17) is 0 Å². The van der Waals surface area contributed by atoms with Gasteiger partial charge in [0.25, 0.3) is 0 Å². The zero-order chi connectivity index (χ0) is 19.8. The summed E-state index contributed by atoms with van der Waals surface area (Å²) in [5.74, 6) is 1.89. The van der Waals surface area contributed by atoms with Crippen LogP contribution in [-0.4, -0.2) is 33.7 Å². The van der Waals surface area contributed by atoms with Crippen molar-refractivity contribution >= 4 is 11.7 Å². The van der Waals surface area contributed by atoms with Gasteiger partial charge < -0.3 is 5.32 Å². The first kappa shape index (κ1) is 19.2. The van der Waals surface area contributed by atoms with Crippen molar-refractivity contribution in [1.29, 1.82) is 0 Å². The van der Waals surface area contributed by atoms with Crippen LogP contribution in [0.5, 0.6) is 0 Å². The number of nitrogens with zero attached hydrogens (tertiary/aromatic N) is 3. The second kappa shape index (κ2) is 7.70. The van der Waals surface area contributed by atoms with Crippen LogP contribution in [0.2, 0.25) is 0 Å². The summed E-state index contributed by atoms with van der Waals surface area (Å²) < 4.78 is 1.89. The Balaban J connectivity index is 1.67. The first-order chi connectivity index (χ1) is 13.5. The van der Waals surface area contributed by atoms with Gasteiger partial charge in [-0.3, -0.25) is 9.69 Å². The standard InChI is InChI=1S/C23H32N4O/c1-5-27-23-21(13-24-27)20(12-22(28)25-23)19-11-18(16(3)10-17(19)4)14-26-8-6-15(2)7-9-26/h10-11,13,15,20H,5-9,12,14H2,1-4H3,(H,25,28). The van der Waals surface area contributed by atoms with E-state index in [0.29, 0.717) is 6.42 Å². The van der Waals surface area contributed by atoms with Crippen LogP contribution in [0.15, 0.2) is 18.3 Å². The fourth-order valence-electron chi connectivity index (χ4n) is 4.71. The molecule has 0 spiro atoms. The fraction of sp³-hybridized carbons (Fsp3) is 0.565. The summed E-state index contributed by atoms with van der Waals surface area (Å²) >= 11 is 0. The summed E-state index contributed by atoms with van der Waals surface area (Å²) in [6.07, 6.45) is 5.02. The molecule has 1 atom stereocenters. The molecule has 3 heterocycles. The maximum atomic E-state index is 12.4. The van der Waals surface area contributed by atoms with Gasteiger partial charge in [0.2, 0.25) is 5.91 Å². The van der Waals surface area contributed by atoms with Crippen molar-refractivity contribution in [2.24, 2.45) is 5.92 Å². The number of anilines is 1. The van der Waals surface area contributed by atoms with Gasteiger partial charge in [0, 0.05) is 31.0 Å². The van der Waals surface area contributed by atoms with Gasteiger partial charge in [0.15, 0.2) is 0 Å². The third-order valence-corrected chi connectivity index (χ3v) is 6.56. The molecule has 1 aromatic carbocycles. The zero-order valence-electron chi connectivity index (χ0n) is 17.6. The number of carbonyl (C=O) groups is 1. The SMILES string of the molecule is CCn1ncc2c1NC(=O)CC2c1cc(CN2CCC(C)CC2)c(C)cc1C. The molecule has 0 bridgehead atoms. The largest absolute Gasteiger partial charge is 0.311 e. The Bertz CT molecular complexity index is 877. The molecule has 5 nitrogen and oxygen atoms in total. The smallest absolute Gasteiger partial charge is 0.226 e. The quantitative estimate of drug-likeness (QED) is 0.864. The minimum Gasteiger partial charge on any atom is -0.311 e. The summed E-state index contributed by atoms with van der Waals surface area (Å²) in [7, 11) is 0. The molecule has 1 aromatic heterocycles. The monoisotopic (exact) mass is 380 g/mol. The van der Waals surface area contributed by atoms with Crippen LogP contribution in [0, 0.1) is 19.8 Å². The van der Waals surface area contributed by atoms with E-state index >= 15 is 0 Å². The van der Waals surface area contributed by atoms with Gasteiger partial charge in [-0.15, -0.1) is 0 Å². The summed E-state index contributed by atoms with van der Waals surface area (Å²) in [5, 5.41) is 7.52. The third-order valence-electron chi connectivity index (χ3n) is 6.56. The van der Waals surface area contributed by atoms with Crippen LogP contribution in [0.25, 0.3) is 0 Å². The molecule has 0 radical (unpaired) electrons. The molecule has 0 saturated carbocycles. The molecule has 1 N–H and O–H groups in total. The number of nitrogens with one attached hydrogen (secondary N) is 1. The highest BCUT2D eigenvalue weighted by molar-refractivity contribution is 5.94. The van der Waals surface area contributed by atoms with Crippen molar-refractivity contribution in [1.82, 2.24) is 14.7 Å². The maximum absolute atomic E-state index is 12.4. The van der Waals surface area contributed by atoms with Crippen LogP contribution >= 0.6 is 0 Å². The number of fused-ring (bicyclic) bond motifs is 1. The van der Waals surface area contributed by atoms with Crippen LogP contribution in [-0.2, 0) is 17.9 Å². The Morgan fingerprint density at radius 2 is 1.89 bits per heavy atom. The third kappa shape index (κ3) is 3.60. The van der Waals surface area contributed by atoms with E-state index in [1.165, 1.54) is 48.2 Å². The number of rotatable bonds is 4. The van der Waals surface area contributed by atoms with E-state index in [1.54, 1.807) is 0 Å². The molecule has 2 aliphatic rings. The highest BCUT2D eigenvalue weighted by Gasteiger charge is 2.31. The van der Waals surface area contributed by atoms with Crippen molar-refractivity contribution in [3.63, 3.8) is 0 Å². The van der Waals surface area contributed by atoms with Crippen molar-refractivity contribution in [3.05, 3.63) is 46.1 Å². The highest BCUT2D eigenvalue weighted by atomic mass is 16.1. The molecule has 2 aliphatic heterocycles. The second-order valence-corrected chi connectivity index (χ2v) is 8.66. The van der Waals surface area contributed by atoms with E-state index in [1.807, 2.05) is 10.9 Å². The Morgan fingerprint density at radius 3 is 2.61 bits per heavy atom. The Kier molecular flexibility index (Phi) is 5.28. The van der Waals surface area contributed by atoms with Crippen LogP contribution in [0.3, 0.4) is 0 Å². The van der Waals surface area contributed by atoms with E-state index < -0.39 is 0 Å². The highest BCUT2D eigenvalue weighted by Crippen LogP contribution is 2.39. The average molecular weight is 381 g/mol. The Hall–Kier alpha value is -2.14. The number of carbonyl (C=O) groups excluding carboxylic acids is 1. The van der Waals surface area contributed by atoms with Gasteiger partial charge in [-0.1, -0.05) is 19.1 Å². The average Bonchev–Trinajstić information content (AvgIpc) is 3.08. The van der Waals surface area contributed by atoms with Gasteiger partial charge >= 0.3 is 0 Å². The number of piperidine rings is 1. The molecule has 28 heavy (non-hydrogen) atoms. The molecule has 1 amide bonds. The van der Waals surface area contributed by atoms with Crippen LogP contribution in [0.1, 0.15) is 66.8 Å². The van der Waals surface area contributed by atoms with Gasteiger partial charge in [-0.05, 0) is 74.9 Å². The van der Waals surface area contributed by atoms with Gasteiger partial charge in [0.05, 0.1) is 6.20 Å². The zero-order valence-corrected chi connectivity index (χ0v) is 17.6. The van der Waals surface area contributed by atoms with Gasteiger partial charge in [-0.25, -0.2) is 4.68 Å². The first-order valence-electron chi connectivity index (χ1n) is 10.6. The number of amides is 1. The molecule has 1 unspecified atom stereocenters. The van der Waals surface area contributed by atoms with Crippen molar-refractivity contribution in [3.8, 4) is 0 Å². The molecule has 0 aliphatic carbocycles. The lowest BCUT2D eigenvalue weighted by Crippen LogP contribution is -2.32. The number of benzene rings is 1. The lowest BCUT2D eigenvalue weighted by Gasteiger charge is -2.31. The fourth-order valence-corrected chi connectivity index (χ4v) is 4.71. The second-order valence-electron chi connectivity index (χ2n) is 8.66. The van der Waals surface area contributed by atoms with Crippen LogP contribution < -0.4 is 5.32 Å². The van der Waals surface area contributed by atoms with Crippen molar-refractivity contribution < 1.29 is 4.79 Å². The molecular formula is C23H32N4O. The van der Waals surface area contributed by atoms with Gasteiger partial charge in [0.1, 0.15) is 5.82 Å². The number of hydrogen-bond donors (Lipinski definition) is 1. The summed E-state index contributed by atoms with van der Waals surface area (Å²) in [4.78, 5) is 15.0. The number of aromatic nitrogens is 2. The topological polar surface area (TPSA) is 50.2 Å². The number of aryl methyl sites for hydroxylation is 3. The molecule has 150 valence electrons.